The van der Waals surface area contributed by atoms with E-state index in [0.717, 1.165) is 55.4 Å². The zero-order valence-electron chi connectivity index (χ0n) is 43.7. The zero-order chi connectivity index (χ0) is 56.8. The number of fused-ring (bicyclic) bond motifs is 6. The predicted octanol–water partition coefficient (Wildman–Crippen LogP) is 10.2. The van der Waals surface area contributed by atoms with Crippen molar-refractivity contribution in [3.63, 3.8) is 0 Å². The van der Waals surface area contributed by atoms with Gasteiger partial charge >= 0.3 is 0 Å². The van der Waals surface area contributed by atoms with Gasteiger partial charge in [0.2, 0.25) is 17.6 Å². The summed E-state index contributed by atoms with van der Waals surface area (Å²) in [5.41, 5.74) is 26.8. The van der Waals surface area contributed by atoms with Crippen molar-refractivity contribution < 1.29 is 14.2 Å². The van der Waals surface area contributed by atoms with Crippen LogP contribution in [0, 0.1) is 0 Å². The molecule has 0 fully saturated rings. The number of rotatable bonds is 12. The number of nitrogens with zero attached hydrogens (tertiary/aromatic N) is 17. The first-order chi connectivity index (χ1) is 41.2. The quantitative estimate of drug-likeness (QED) is 0.0619. The Labute approximate surface area is 473 Å². The summed E-state index contributed by atoms with van der Waals surface area (Å²) in [6.07, 6.45) is 16.0. The SMILES string of the molecule is Nc1ccc2ncnc(Nc3ccc(Oc4cc5nccn5cn4)cc3)c2c1.Nc1ccc2ncnc(Nc3ccc(Oc4cc5ncnn5cn4)cc3)c2c1.Nc1ccc2ncnc(Nc3ccc(Oc4cc5nncn5cn4)cc3)c2c1. The second kappa shape index (κ2) is 22.5. The molecule has 9 aromatic heterocycles. The highest BCUT2D eigenvalue weighted by molar-refractivity contribution is 5.94. The Morgan fingerprint density at radius 3 is 1.26 bits per heavy atom. The fourth-order valence-electron chi connectivity index (χ4n) is 8.50. The first-order valence-electron chi connectivity index (χ1n) is 25.5. The van der Waals surface area contributed by atoms with E-state index in [9.17, 15) is 0 Å². The highest BCUT2D eigenvalue weighted by Crippen LogP contribution is 2.31. The number of hydrogen-bond donors (Lipinski definition) is 6. The van der Waals surface area contributed by atoms with E-state index in [1.165, 1.54) is 25.3 Å². The fourth-order valence-corrected chi connectivity index (χ4v) is 8.50. The Balaban J connectivity index is 0.000000118. The normalized spacial score (nSPS) is 11.0. The average molecular weight is 1110 g/mol. The van der Waals surface area contributed by atoms with Crippen molar-refractivity contribution >= 4 is 101 Å². The largest absolute Gasteiger partial charge is 0.439 e. The predicted molar refractivity (Wildman–Crippen MR) is 316 cm³/mol. The third-order valence-corrected chi connectivity index (χ3v) is 12.6. The van der Waals surface area contributed by atoms with E-state index in [4.69, 9.17) is 31.4 Å². The molecule has 408 valence electrons. The number of nitrogens with two attached hydrogens (primary N) is 3. The summed E-state index contributed by atoms with van der Waals surface area (Å²) >= 11 is 0. The Morgan fingerprint density at radius 1 is 0.357 bits per heavy atom. The Morgan fingerprint density at radius 2 is 0.786 bits per heavy atom. The molecule has 0 saturated heterocycles. The Bertz CT molecular complexity index is 4330. The summed E-state index contributed by atoms with van der Waals surface area (Å²) in [4.78, 5) is 46.8. The van der Waals surface area contributed by atoms with Crippen LogP contribution in [0.5, 0.6) is 34.9 Å². The van der Waals surface area contributed by atoms with Crippen LogP contribution in [0.4, 0.5) is 51.6 Å². The molecule has 0 aliphatic heterocycles. The molecular weight excluding hydrogens is 1070 g/mol. The first kappa shape index (κ1) is 50.7. The van der Waals surface area contributed by atoms with Crippen molar-refractivity contribution in [1.82, 2.24) is 83.4 Å². The first-order valence-corrected chi connectivity index (χ1v) is 25.5. The number of imidazole rings is 1. The van der Waals surface area contributed by atoms with Gasteiger partial charge in [0, 0.05) is 80.9 Å². The maximum Gasteiger partial charge on any atom is 0.224 e. The van der Waals surface area contributed by atoms with Crippen LogP contribution in [-0.4, -0.2) is 83.4 Å². The molecule has 6 aromatic carbocycles. The highest BCUT2D eigenvalue weighted by atomic mass is 16.5. The summed E-state index contributed by atoms with van der Waals surface area (Å²) in [6.45, 7) is 0. The van der Waals surface area contributed by atoms with Gasteiger partial charge in [0.05, 0.1) is 16.6 Å². The van der Waals surface area contributed by atoms with Crippen molar-refractivity contribution in [3.05, 3.63) is 209 Å². The number of anilines is 9. The number of aromatic nitrogens is 17. The topological polar surface area (TPSA) is 336 Å². The molecule has 84 heavy (non-hydrogen) atoms. The van der Waals surface area contributed by atoms with Gasteiger partial charge in [-0.2, -0.15) is 5.10 Å². The van der Waals surface area contributed by atoms with Gasteiger partial charge in [0.15, 0.2) is 11.3 Å². The number of nitrogens with one attached hydrogen (secondary N) is 3. The van der Waals surface area contributed by atoms with Crippen molar-refractivity contribution in [2.75, 3.05) is 33.2 Å². The molecule has 0 aliphatic carbocycles. The lowest BCUT2D eigenvalue weighted by atomic mass is 10.2. The number of benzene rings is 6. The molecule has 0 atom stereocenters. The summed E-state index contributed by atoms with van der Waals surface area (Å²) in [6, 6.07) is 44.3. The van der Waals surface area contributed by atoms with E-state index < -0.39 is 0 Å². The van der Waals surface area contributed by atoms with Gasteiger partial charge in [0.25, 0.3) is 0 Å². The lowest BCUT2D eigenvalue weighted by molar-refractivity contribution is 0.461. The second-order valence-electron chi connectivity index (χ2n) is 18.3. The third kappa shape index (κ3) is 11.5. The molecule has 0 saturated carbocycles. The number of hydrogen-bond acceptors (Lipinski definition) is 23. The maximum absolute atomic E-state index is 5.90. The molecule has 0 radical (unpaired) electrons. The lowest BCUT2D eigenvalue weighted by Crippen LogP contribution is -1.97. The zero-order valence-corrected chi connectivity index (χ0v) is 43.7. The molecule has 0 aliphatic rings. The van der Waals surface area contributed by atoms with Crippen molar-refractivity contribution in [2.24, 2.45) is 0 Å². The van der Waals surface area contributed by atoms with Gasteiger partial charge in [-0.3, -0.25) is 8.80 Å². The van der Waals surface area contributed by atoms with Gasteiger partial charge in [-0.1, -0.05) is 0 Å². The van der Waals surface area contributed by atoms with E-state index in [1.54, 1.807) is 58.6 Å². The van der Waals surface area contributed by atoms with Gasteiger partial charge in [0.1, 0.15) is 91.0 Å². The Hall–Kier alpha value is -12.7. The monoisotopic (exact) mass is 1110 g/mol. The van der Waals surface area contributed by atoms with Gasteiger partial charge < -0.3 is 47.4 Å². The lowest BCUT2D eigenvalue weighted by Gasteiger charge is -2.10. The van der Waals surface area contributed by atoms with Crippen LogP contribution in [0.3, 0.4) is 0 Å². The van der Waals surface area contributed by atoms with E-state index in [-0.39, 0.29) is 0 Å². The second-order valence-corrected chi connectivity index (χ2v) is 18.3. The summed E-state index contributed by atoms with van der Waals surface area (Å²) in [7, 11) is 0. The molecule has 0 amide bonds. The molecule has 0 bridgehead atoms. The van der Waals surface area contributed by atoms with Crippen LogP contribution < -0.4 is 47.4 Å². The minimum atomic E-state index is 0.443. The van der Waals surface area contributed by atoms with E-state index in [1.807, 2.05) is 138 Å². The summed E-state index contributed by atoms with van der Waals surface area (Å²) in [5.74, 6) is 5.41. The van der Waals surface area contributed by atoms with Crippen molar-refractivity contribution in [2.45, 2.75) is 0 Å². The standard InChI is InChI=1S/C20H15N7O.2C19H14N8O/c21-13-1-6-17-16(9-13)20(24-11-23-17)26-14-2-4-15(5-3-14)28-19-10-18-22-7-8-27(18)12-25-19;20-12-1-6-16-15(7-12)19(23-9-21-16)26-13-2-4-14(5-3-13)28-18-8-17-22-10-25-27(17)11-24-18;20-12-1-6-16-15(7-12)19(22-9-21-16)25-13-2-4-14(5-3-13)28-18-8-17-26-24-11-27(17)10-23-18/h1-12H,21H2,(H,23,24,26);1-11H,20H2,(H,21,23,26);1-11H,20H2,(H,21,22,25). The van der Waals surface area contributed by atoms with Crippen LogP contribution in [0.25, 0.3) is 49.7 Å². The van der Waals surface area contributed by atoms with Gasteiger partial charge in [-0.15, -0.1) is 10.2 Å². The summed E-state index contributed by atoms with van der Waals surface area (Å²) < 4.78 is 22.5. The summed E-state index contributed by atoms with van der Waals surface area (Å²) in [5, 5.41) is 24.2. The molecule has 15 rings (SSSR count). The molecule has 0 unspecified atom stereocenters. The molecule has 9 N–H and O–H groups in total. The van der Waals surface area contributed by atoms with Crippen LogP contribution in [0.2, 0.25) is 0 Å². The maximum atomic E-state index is 5.90. The molecule has 26 nitrogen and oxygen atoms in total. The van der Waals surface area contributed by atoms with Crippen LogP contribution >= 0.6 is 0 Å². The van der Waals surface area contributed by atoms with Gasteiger partial charge in [-0.25, -0.2) is 59.3 Å². The van der Waals surface area contributed by atoms with Crippen LogP contribution in [0.15, 0.2) is 209 Å². The average Bonchev–Trinajstić information content (AvgIpc) is 4.40. The van der Waals surface area contributed by atoms with Crippen molar-refractivity contribution in [3.8, 4) is 34.9 Å². The van der Waals surface area contributed by atoms with E-state index >= 15 is 0 Å². The third-order valence-electron chi connectivity index (χ3n) is 12.6. The van der Waals surface area contributed by atoms with Crippen LogP contribution in [0.1, 0.15) is 0 Å². The molecule has 9 heterocycles. The van der Waals surface area contributed by atoms with Crippen LogP contribution in [-0.2, 0) is 0 Å². The molecule has 0 spiro atoms. The van der Waals surface area contributed by atoms with E-state index in [0.29, 0.717) is 80.7 Å². The fraction of sp³-hybridized carbons (Fsp3) is 0. The number of ether oxygens (including phenoxy) is 3. The van der Waals surface area contributed by atoms with E-state index in [2.05, 4.69) is 86.1 Å². The van der Waals surface area contributed by atoms with Gasteiger partial charge in [-0.05, 0) is 127 Å². The molecule has 15 aromatic rings. The smallest absolute Gasteiger partial charge is 0.224 e. The number of nitrogen functional groups attached to an aromatic ring is 3. The highest BCUT2D eigenvalue weighted by Gasteiger charge is 2.11. The minimum absolute atomic E-state index is 0.443. The minimum Gasteiger partial charge on any atom is -0.439 e. The van der Waals surface area contributed by atoms with Crippen molar-refractivity contribution in [1.29, 1.82) is 0 Å². The molecular formula is C58H43N23O3. The Kier molecular flexibility index (Phi) is 13.6. The molecule has 26 heteroatoms.